The van der Waals surface area contributed by atoms with Crippen molar-refractivity contribution >= 4 is 39.2 Å². The van der Waals surface area contributed by atoms with E-state index in [1.165, 1.54) is 22.2 Å². The van der Waals surface area contributed by atoms with Crippen molar-refractivity contribution in [2.24, 2.45) is 0 Å². The van der Waals surface area contributed by atoms with Crippen LogP contribution in [-0.2, 0) is 0 Å². The smallest absolute Gasteiger partial charge is 0.315 e. The molecule has 0 saturated heterocycles. The third-order valence-corrected chi connectivity index (χ3v) is 7.76. The predicted molar refractivity (Wildman–Crippen MR) is 161 cm³/mol. The lowest BCUT2D eigenvalue weighted by atomic mass is 10.1. The van der Waals surface area contributed by atoms with Crippen molar-refractivity contribution in [2.75, 3.05) is 25.6 Å². The van der Waals surface area contributed by atoms with Crippen LogP contribution in [0.15, 0.2) is 88.3 Å². The second-order valence-corrected chi connectivity index (χ2v) is 10.6. The molecule has 11 heteroatoms. The van der Waals surface area contributed by atoms with Gasteiger partial charge in [0.2, 0.25) is 5.89 Å². The van der Waals surface area contributed by atoms with Gasteiger partial charge in [0.25, 0.3) is 5.56 Å². The van der Waals surface area contributed by atoms with Crippen LogP contribution in [0.25, 0.3) is 37.8 Å². The topological polar surface area (TPSA) is 104 Å². The molecule has 0 unspecified atom stereocenters. The number of nitrogens with one attached hydrogen (secondary N) is 1. The number of ether oxygens (including phenoxy) is 2. The number of benzene rings is 3. The Morgan fingerprint density at radius 1 is 0.976 bits per heavy atom. The van der Waals surface area contributed by atoms with Gasteiger partial charge in [-0.1, -0.05) is 46.5 Å². The summed E-state index contributed by atoms with van der Waals surface area (Å²) >= 11 is 7.42. The Bertz CT molecular complexity index is 1880. The number of fused-ring (bicyclic) bond motifs is 1. The summed E-state index contributed by atoms with van der Waals surface area (Å²) in [6.45, 7) is 2.76. The Morgan fingerprint density at radius 3 is 2.54 bits per heavy atom. The van der Waals surface area contributed by atoms with Crippen LogP contribution in [0.5, 0.6) is 11.5 Å². The molecule has 6 aromatic rings. The summed E-state index contributed by atoms with van der Waals surface area (Å²) in [5.41, 5.74) is 4.09. The van der Waals surface area contributed by atoms with Gasteiger partial charge in [0.05, 0.1) is 24.9 Å². The zero-order valence-corrected chi connectivity index (χ0v) is 23.7. The molecule has 3 aromatic heterocycles. The summed E-state index contributed by atoms with van der Waals surface area (Å²) in [7, 11) is 1.55. The molecule has 0 bridgehead atoms. The molecule has 3 aromatic carbocycles. The van der Waals surface area contributed by atoms with Crippen molar-refractivity contribution in [1.29, 1.82) is 0 Å². The van der Waals surface area contributed by atoms with E-state index in [9.17, 15) is 4.79 Å². The van der Waals surface area contributed by atoms with Crippen LogP contribution in [0.1, 0.15) is 5.56 Å². The average molecular weight is 586 g/mol. The Morgan fingerprint density at radius 2 is 1.76 bits per heavy atom. The summed E-state index contributed by atoms with van der Waals surface area (Å²) in [6.07, 6.45) is 1.53. The molecule has 9 nitrogen and oxygen atoms in total. The quantitative estimate of drug-likeness (QED) is 0.189. The SMILES string of the molecule is COc1cc(-n2cnc3cc(-c4ccc(Cl)cc4)sc3c2=O)ccc1OCCNc1nnc(-c2ccc(C)cc2)o1. The van der Waals surface area contributed by atoms with Crippen molar-refractivity contribution < 1.29 is 13.9 Å². The molecule has 0 aliphatic carbocycles. The fourth-order valence-corrected chi connectivity index (χ4v) is 5.38. The molecule has 0 spiro atoms. The van der Waals surface area contributed by atoms with Gasteiger partial charge in [0.1, 0.15) is 17.6 Å². The van der Waals surface area contributed by atoms with Gasteiger partial charge in [-0.05, 0) is 55.0 Å². The number of hydrogen-bond donors (Lipinski definition) is 1. The Kier molecular flexibility index (Phi) is 7.41. The standard InChI is InChI=1S/C30H24ClN5O4S/c1-18-3-5-20(6-4-18)28-34-35-30(40-28)32-13-14-39-24-12-11-22(15-25(24)38-2)36-17-33-23-16-26(41-27(23)29(36)37)19-7-9-21(31)10-8-19/h3-12,15-17H,13-14H2,1-2H3,(H,32,35). The minimum absolute atomic E-state index is 0.162. The number of halogens is 1. The number of hydrogen-bond acceptors (Lipinski definition) is 9. The Balaban J connectivity index is 1.13. The van der Waals surface area contributed by atoms with E-state index >= 15 is 0 Å². The van der Waals surface area contributed by atoms with E-state index in [1.54, 1.807) is 25.3 Å². The zero-order valence-electron chi connectivity index (χ0n) is 22.1. The molecular weight excluding hydrogens is 562 g/mol. The average Bonchev–Trinajstić information content (AvgIpc) is 3.65. The van der Waals surface area contributed by atoms with Crippen molar-refractivity contribution in [3.05, 3.63) is 100 Å². The molecule has 0 aliphatic heterocycles. The minimum Gasteiger partial charge on any atom is -0.493 e. The second kappa shape index (κ2) is 11.4. The molecule has 206 valence electrons. The third-order valence-electron chi connectivity index (χ3n) is 6.35. The van der Waals surface area contributed by atoms with E-state index in [0.29, 0.717) is 57.5 Å². The minimum atomic E-state index is -0.162. The first-order chi connectivity index (χ1) is 20.0. The lowest BCUT2D eigenvalue weighted by Gasteiger charge is -2.13. The van der Waals surface area contributed by atoms with Crippen molar-refractivity contribution in [3.63, 3.8) is 0 Å². The summed E-state index contributed by atoms with van der Waals surface area (Å²) < 4.78 is 19.2. The first-order valence-corrected chi connectivity index (χ1v) is 13.9. The fraction of sp³-hybridized carbons (Fsp3) is 0.133. The maximum absolute atomic E-state index is 13.4. The highest BCUT2D eigenvalue weighted by molar-refractivity contribution is 7.22. The van der Waals surface area contributed by atoms with Gasteiger partial charge in [-0.25, -0.2) is 4.98 Å². The maximum atomic E-state index is 13.4. The highest BCUT2D eigenvalue weighted by Crippen LogP contribution is 2.33. The largest absolute Gasteiger partial charge is 0.493 e. The van der Waals surface area contributed by atoms with Gasteiger partial charge in [-0.15, -0.1) is 16.4 Å². The van der Waals surface area contributed by atoms with Gasteiger partial charge in [0.15, 0.2) is 11.5 Å². The van der Waals surface area contributed by atoms with Crippen LogP contribution in [0.3, 0.4) is 0 Å². The zero-order chi connectivity index (χ0) is 28.3. The first kappa shape index (κ1) is 26.5. The number of rotatable bonds is 9. The van der Waals surface area contributed by atoms with Gasteiger partial charge in [-0.2, -0.15) is 0 Å². The molecular formula is C30H24ClN5O4S. The predicted octanol–water partition coefficient (Wildman–Crippen LogP) is 6.63. The molecule has 0 radical (unpaired) electrons. The Hall–Kier alpha value is -4.67. The second-order valence-electron chi connectivity index (χ2n) is 9.14. The molecule has 0 aliphatic rings. The lowest BCUT2D eigenvalue weighted by molar-refractivity contribution is 0.305. The van der Waals surface area contributed by atoms with Crippen molar-refractivity contribution in [1.82, 2.24) is 19.7 Å². The normalized spacial score (nSPS) is 11.1. The summed E-state index contributed by atoms with van der Waals surface area (Å²) in [5, 5.41) is 11.9. The van der Waals surface area contributed by atoms with Crippen LogP contribution in [0.2, 0.25) is 5.02 Å². The monoisotopic (exact) mass is 585 g/mol. The number of aromatic nitrogens is 4. The van der Waals surface area contributed by atoms with E-state index in [1.807, 2.05) is 61.5 Å². The number of nitrogens with zero attached hydrogens (tertiary/aromatic N) is 4. The van der Waals surface area contributed by atoms with Gasteiger partial charge < -0.3 is 19.2 Å². The molecule has 0 saturated carbocycles. The van der Waals surface area contributed by atoms with E-state index in [2.05, 4.69) is 20.5 Å². The highest BCUT2D eigenvalue weighted by atomic mass is 35.5. The molecule has 1 N–H and O–H groups in total. The van der Waals surface area contributed by atoms with Crippen LogP contribution in [0.4, 0.5) is 6.01 Å². The number of anilines is 1. The van der Waals surface area contributed by atoms with Crippen LogP contribution >= 0.6 is 22.9 Å². The molecule has 3 heterocycles. The van der Waals surface area contributed by atoms with Crippen LogP contribution < -0.4 is 20.3 Å². The molecule has 41 heavy (non-hydrogen) atoms. The maximum Gasteiger partial charge on any atom is 0.315 e. The van der Waals surface area contributed by atoms with E-state index in [-0.39, 0.29) is 5.56 Å². The molecule has 0 fully saturated rings. The molecule has 6 rings (SSSR count). The third kappa shape index (κ3) is 5.65. The number of thiophene rings is 1. The van der Waals surface area contributed by atoms with Gasteiger partial charge in [0, 0.05) is 21.5 Å². The number of aryl methyl sites for hydroxylation is 1. The number of methoxy groups -OCH3 is 1. The fourth-order valence-electron chi connectivity index (χ4n) is 4.20. The van der Waals surface area contributed by atoms with Gasteiger partial charge in [-0.3, -0.25) is 9.36 Å². The van der Waals surface area contributed by atoms with Gasteiger partial charge >= 0.3 is 6.01 Å². The summed E-state index contributed by atoms with van der Waals surface area (Å²) in [6, 6.07) is 22.9. The van der Waals surface area contributed by atoms with E-state index < -0.39 is 0 Å². The van der Waals surface area contributed by atoms with Crippen molar-refractivity contribution in [2.45, 2.75) is 6.92 Å². The van der Waals surface area contributed by atoms with Crippen molar-refractivity contribution in [3.8, 4) is 39.1 Å². The highest BCUT2D eigenvalue weighted by Gasteiger charge is 2.14. The summed E-state index contributed by atoms with van der Waals surface area (Å²) in [5.74, 6) is 1.46. The van der Waals surface area contributed by atoms with E-state index in [0.717, 1.165) is 21.6 Å². The molecule has 0 atom stereocenters. The van der Waals surface area contributed by atoms with E-state index in [4.69, 9.17) is 25.5 Å². The summed E-state index contributed by atoms with van der Waals surface area (Å²) in [4.78, 5) is 18.8. The first-order valence-electron chi connectivity index (χ1n) is 12.7. The Labute approximate surface area is 244 Å². The lowest BCUT2D eigenvalue weighted by Crippen LogP contribution is -2.18. The van der Waals surface area contributed by atoms with Crippen LogP contribution in [0, 0.1) is 6.92 Å². The molecule has 0 amide bonds. The van der Waals surface area contributed by atoms with Crippen LogP contribution in [-0.4, -0.2) is 40.0 Å².